The van der Waals surface area contributed by atoms with Crippen molar-refractivity contribution in [3.63, 3.8) is 0 Å². The van der Waals surface area contributed by atoms with Gasteiger partial charge in [-0.2, -0.15) is 13.2 Å². The predicted molar refractivity (Wildman–Crippen MR) is 70.4 cm³/mol. The first-order valence-corrected chi connectivity index (χ1v) is 6.86. The maximum atomic E-state index is 12.5. The van der Waals surface area contributed by atoms with Gasteiger partial charge < -0.3 is 0 Å². The van der Waals surface area contributed by atoms with E-state index in [9.17, 15) is 13.2 Å². The van der Waals surface area contributed by atoms with Gasteiger partial charge in [-0.15, -0.1) is 11.3 Å². The molecule has 1 rings (SSSR count). The fourth-order valence-corrected chi connectivity index (χ4v) is 2.41. The number of nitrogens with one attached hydrogen (secondary N) is 1. The summed E-state index contributed by atoms with van der Waals surface area (Å²) >= 11 is 0.647. The third-order valence-corrected chi connectivity index (χ3v) is 4.53. The number of aromatic nitrogens is 1. The van der Waals surface area contributed by atoms with Gasteiger partial charge in [0, 0.05) is 11.1 Å². The van der Waals surface area contributed by atoms with Crippen LogP contribution in [0.15, 0.2) is 6.20 Å². The minimum absolute atomic E-state index is 0.0760. The summed E-state index contributed by atoms with van der Waals surface area (Å²) in [5.74, 6) is 5.77. The van der Waals surface area contributed by atoms with E-state index in [0.29, 0.717) is 28.6 Å². The second kappa shape index (κ2) is 5.76. The monoisotopic (exact) mass is 295 g/mol. The zero-order chi connectivity index (χ0) is 14.8. The lowest BCUT2D eigenvalue weighted by Crippen LogP contribution is -2.31. The van der Waals surface area contributed by atoms with Crippen molar-refractivity contribution in [3.05, 3.63) is 16.1 Å². The number of nitrogens with two attached hydrogens (primary N) is 1. The molecule has 1 aromatic heterocycles. The second-order valence-electron chi connectivity index (χ2n) is 5.79. The Morgan fingerprint density at radius 1 is 1.37 bits per heavy atom. The molecular formula is C12H20F3N3S. The SMILES string of the molecule is CC(CC(NN)c1cnc(C(F)(F)F)s1)C(C)(C)C. The molecule has 110 valence electrons. The van der Waals surface area contributed by atoms with Crippen LogP contribution in [-0.4, -0.2) is 4.98 Å². The highest BCUT2D eigenvalue weighted by atomic mass is 32.1. The molecule has 1 heterocycles. The minimum Gasteiger partial charge on any atom is -0.271 e. The van der Waals surface area contributed by atoms with E-state index in [-0.39, 0.29) is 11.5 Å². The quantitative estimate of drug-likeness (QED) is 0.657. The van der Waals surface area contributed by atoms with Crippen molar-refractivity contribution in [2.45, 2.75) is 46.3 Å². The molecule has 0 aliphatic carbocycles. The van der Waals surface area contributed by atoms with Gasteiger partial charge in [-0.05, 0) is 17.8 Å². The fourth-order valence-electron chi connectivity index (χ4n) is 1.55. The number of thiazole rings is 1. The number of nitrogens with zero attached hydrogens (tertiary/aromatic N) is 1. The van der Waals surface area contributed by atoms with E-state index >= 15 is 0 Å². The summed E-state index contributed by atoms with van der Waals surface area (Å²) < 4.78 is 37.5. The van der Waals surface area contributed by atoms with Crippen molar-refractivity contribution < 1.29 is 13.2 Å². The lowest BCUT2D eigenvalue weighted by molar-refractivity contribution is -0.137. The summed E-state index contributed by atoms with van der Waals surface area (Å²) in [6, 6.07) is -0.303. The smallest absolute Gasteiger partial charge is 0.271 e. The highest BCUT2D eigenvalue weighted by Crippen LogP contribution is 2.38. The van der Waals surface area contributed by atoms with E-state index in [4.69, 9.17) is 5.84 Å². The Bertz CT molecular complexity index is 409. The summed E-state index contributed by atoms with van der Waals surface area (Å²) in [7, 11) is 0. The molecule has 19 heavy (non-hydrogen) atoms. The highest BCUT2D eigenvalue weighted by Gasteiger charge is 2.35. The molecule has 0 aromatic carbocycles. The van der Waals surface area contributed by atoms with Gasteiger partial charge in [-0.1, -0.05) is 27.7 Å². The van der Waals surface area contributed by atoms with E-state index in [1.54, 1.807) is 0 Å². The van der Waals surface area contributed by atoms with Gasteiger partial charge in [0.15, 0.2) is 5.01 Å². The third-order valence-electron chi connectivity index (χ3n) is 3.38. The maximum absolute atomic E-state index is 12.5. The van der Waals surface area contributed by atoms with Gasteiger partial charge in [-0.3, -0.25) is 11.3 Å². The van der Waals surface area contributed by atoms with Crippen LogP contribution in [0.1, 0.15) is 50.0 Å². The topological polar surface area (TPSA) is 50.9 Å². The number of rotatable bonds is 4. The normalized spacial score (nSPS) is 16.4. The average molecular weight is 295 g/mol. The second-order valence-corrected chi connectivity index (χ2v) is 6.85. The summed E-state index contributed by atoms with van der Waals surface area (Å²) in [4.78, 5) is 3.94. The lowest BCUT2D eigenvalue weighted by Gasteiger charge is -2.30. The summed E-state index contributed by atoms with van der Waals surface area (Å²) in [6.45, 7) is 8.35. The van der Waals surface area contributed by atoms with Gasteiger partial charge in [0.2, 0.25) is 0 Å². The molecule has 0 fully saturated rings. The van der Waals surface area contributed by atoms with E-state index in [2.05, 4.69) is 38.1 Å². The Kier molecular flexibility index (Phi) is 4.97. The molecule has 3 N–H and O–H groups in total. The van der Waals surface area contributed by atoms with Gasteiger partial charge >= 0.3 is 6.18 Å². The Labute approximate surface area is 115 Å². The largest absolute Gasteiger partial charge is 0.443 e. The van der Waals surface area contributed by atoms with Gasteiger partial charge in [-0.25, -0.2) is 4.98 Å². The summed E-state index contributed by atoms with van der Waals surface area (Å²) in [6.07, 6.45) is -2.47. The van der Waals surface area contributed by atoms with Crippen molar-refractivity contribution in [1.82, 2.24) is 10.4 Å². The molecule has 2 unspecified atom stereocenters. The first-order chi connectivity index (χ1) is 8.55. The van der Waals surface area contributed by atoms with Crippen LogP contribution in [0.2, 0.25) is 0 Å². The number of hydrogen-bond acceptors (Lipinski definition) is 4. The van der Waals surface area contributed by atoms with Gasteiger partial charge in [0.1, 0.15) is 0 Å². The van der Waals surface area contributed by atoms with Crippen molar-refractivity contribution >= 4 is 11.3 Å². The zero-order valence-electron chi connectivity index (χ0n) is 11.5. The molecule has 0 spiro atoms. The van der Waals surface area contributed by atoms with Gasteiger partial charge in [0.05, 0.1) is 6.04 Å². The van der Waals surface area contributed by atoms with E-state index < -0.39 is 11.2 Å². The van der Waals surface area contributed by atoms with E-state index in [1.165, 1.54) is 6.20 Å². The molecular weight excluding hydrogens is 275 g/mol. The van der Waals surface area contributed by atoms with Crippen LogP contribution < -0.4 is 11.3 Å². The molecule has 0 saturated carbocycles. The van der Waals surface area contributed by atoms with E-state index in [0.717, 1.165) is 0 Å². The van der Waals surface area contributed by atoms with Crippen LogP contribution in [0.25, 0.3) is 0 Å². The molecule has 0 aliphatic heterocycles. The number of hydrazine groups is 1. The minimum atomic E-state index is -4.39. The fraction of sp³-hybridized carbons (Fsp3) is 0.750. The Morgan fingerprint density at radius 2 is 1.95 bits per heavy atom. The van der Waals surface area contributed by atoms with Crippen LogP contribution in [0, 0.1) is 11.3 Å². The predicted octanol–water partition coefficient (Wildman–Crippen LogP) is 3.74. The third kappa shape index (κ3) is 4.43. The van der Waals surface area contributed by atoms with E-state index in [1.807, 2.05) is 0 Å². The maximum Gasteiger partial charge on any atom is 0.443 e. The highest BCUT2D eigenvalue weighted by molar-refractivity contribution is 7.11. The Morgan fingerprint density at radius 3 is 2.32 bits per heavy atom. The molecule has 2 atom stereocenters. The Hall–Kier alpha value is -0.660. The molecule has 1 aromatic rings. The van der Waals surface area contributed by atoms with Crippen molar-refractivity contribution in [2.24, 2.45) is 17.2 Å². The first-order valence-electron chi connectivity index (χ1n) is 6.04. The standard InChI is InChI=1S/C12H20F3N3S/c1-7(11(2,3)4)5-8(18-16)9-6-17-10(19-9)12(13,14)15/h6-8,18H,5,16H2,1-4H3. The molecule has 0 saturated heterocycles. The molecule has 7 heteroatoms. The van der Waals surface area contributed by atoms with Crippen LogP contribution in [-0.2, 0) is 6.18 Å². The summed E-state index contributed by atoms with van der Waals surface area (Å²) in [5, 5.41) is -0.828. The number of alkyl halides is 3. The van der Waals surface area contributed by atoms with Crippen LogP contribution in [0.5, 0.6) is 0 Å². The zero-order valence-corrected chi connectivity index (χ0v) is 12.3. The summed E-state index contributed by atoms with van der Waals surface area (Å²) in [5.41, 5.74) is 2.67. The first kappa shape index (κ1) is 16.4. The Balaban J connectivity index is 2.84. The van der Waals surface area contributed by atoms with Crippen LogP contribution in [0.3, 0.4) is 0 Å². The lowest BCUT2D eigenvalue weighted by atomic mass is 9.78. The molecule has 0 bridgehead atoms. The molecule has 0 amide bonds. The van der Waals surface area contributed by atoms with Crippen molar-refractivity contribution in [1.29, 1.82) is 0 Å². The molecule has 3 nitrogen and oxygen atoms in total. The van der Waals surface area contributed by atoms with Crippen LogP contribution >= 0.6 is 11.3 Å². The number of halogens is 3. The van der Waals surface area contributed by atoms with Crippen LogP contribution in [0.4, 0.5) is 13.2 Å². The molecule has 0 radical (unpaired) electrons. The number of hydrogen-bond donors (Lipinski definition) is 2. The van der Waals surface area contributed by atoms with Crippen molar-refractivity contribution in [2.75, 3.05) is 0 Å². The van der Waals surface area contributed by atoms with Gasteiger partial charge in [0.25, 0.3) is 0 Å². The van der Waals surface area contributed by atoms with Crippen molar-refractivity contribution in [3.8, 4) is 0 Å². The average Bonchev–Trinajstić information content (AvgIpc) is 2.72. The molecule has 0 aliphatic rings.